The van der Waals surface area contributed by atoms with Gasteiger partial charge >= 0.3 is 0 Å². The van der Waals surface area contributed by atoms with Crippen LogP contribution in [-0.2, 0) is 0 Å². The van der Waals surface area contributed by atoms with Gasteiger partial charge in [-0.3, -0.25) is 0 Å². The second kappa shape index (κ2) is 4.51. The standard InChI is InChI=1S/C17H33N/c1-11-8-12(2)10-13(9-11)14(18-7)15-16(3,4)17(15,5)6/h11-15,18H,8-10H2,1-7H3. The van der Waals surface area contributed by atoms with Crippen molar-refractivity contribution in [2.75, 3.05) is 7.05 Å². The minimum absolute atomic E-state index is 0.505. The Morgan fingerprint density at radius 2 is 1.33 bits per heavy atom. The Bertz CT molecular complexity index is 281. The zero-order valence-electron chi connectivity index (χ0n) is 13.5. The van der Waals surface area contributed by atoms with Crippen molar-refractivity contribution in [1.82, 2.24) is 5.32 Å². The Morgan fingerprint density at radius 3 is 1.67 bits per heavy atom. The quantitative estimate of drug-likeness (QED) is 0.787. The van der Waals surface area contributed by atoms with Gasteiger partial charge in [-0.15, -0.1) is 0 Å². The highest BCUT2D eigenvalue weighted by atomic mass is 14.9. The number of nitrogens with one attached hydrogen (secondary N) is 1. The van der Waals surface area contributed by atoms with Gasteiger partial charge in [0, 0.05) is 6.04 Å². The molecule has 0 amide bonds. The summed E-state index contributed by atoms with van der Waals surface area (Å²) in [7, 11) is 2.18. The fourth-order valence-electron chi connectivity index (χ4n) is 5.12. The Labute approximate surface area is 114 Å². The monoisotopic (exact) mass is 251 g/mol. The second-order valence-electron chi connectivity index (χ2n) is 8.41. The molecule has 0 aliphatic heterocycles. The van der Waals surface area contributed by atoms with E-state index in [2.05, 4.69) is 53.9 Å². The molecule has 0 heterocycles. The molecule has 1 nitrogen and oxygen atoms in total. The van der Waals surface area contributed by atoms with Crippen molar-refractivity contribution >= 4 is 0 Å². The summed E-state index contributed by atoms with van der Waals surface area (Å²) in [5, 5.41) is 3.69. The Kier molecular flexibility index (Phi) is 3.60. The predicted octanol–water partition coefficient (Wildman–Crippen LogP) is 4.33. The van der Waals surface area contributed by atoms with Crippen LogP contribution in [0.4, 0.5) is 0 Å². The van der Waals surface area contributed by atoms with Gasteiger partial charge in [0.2, 0.25) is 0 Å². The lowest BCUT2D eigenvalue weighted by molar-refractivity contribution is 0.158. The highest BCUT2D eigenvalue weighted by Gasteiger charge is 2.67. The predicted molar refractivity (Wildman–Crippen MR) is 79.6 cm³/mol. The smallest absolute Gasteiger partial charge is 0.0131 e. The highest BCUT2D eigenvalue weighted by molar-refractivity contribution is 5.17. The molecule has 0 aromatic carbocycles. The minimum atomic E-state index is 0.505. The second-order valence-corrected chi connectivity index (χ2v) is 8.41. The van der Waals surface area contributed by atoms with Crippen molar-refractivity contribution in [1.29, 1.82) is 0 Å². The maximum atomic E-state index is 3.69. The first-order valence-corrected chi connectivity index (χ1v) is 7.89. The van der Waals surface area contributed by atoms with Gasteiger partial charge in [0.25, 0.3) is 0 Å². The van der Waals surface area contributed by atoms with Gasteiger partial charge < -0.3 is 5.32 Å². The van der Waals surface area contributed by atoms with Crippen LogP contribution in [-0.4, -0.2) is 13.1 Å². The average Bonchev–Trinajstić information content (AvgIpc) is 2.61. The molecule has 0 bridgehead atoms. The van der Waals surface area contributed by atoms with Crippen LogP contribution in [0.25, 0.3) is 0 Å². The van der Waals surface area contributed by atoms with Gasteiger partial charge in [0.05, 0.1) is 0 Å². The van der Waals surface area contributed by atoms with Gasteiger partial charge in [0.1, 0.15) is 0 Å². The minimum Gasteiger partial charge on any atom is -0.316 e. The molecule has 1 N–H and O–H groups in total. The van der Waals surface area contributed by atoms with Crippen LogP contribution in [0.3, 0.4) is 0 Å². The Morgan fingerprint density at radius 1 is 0.889 bits per heavy atom. The van der Waals surface area contributed by atoms with E-state index in [1.807, 2.05) is 0 Å². The van der Waals surface area contributed by atoms with E-state index in [4.69, 9.17) is 0 Å². The molecule has 0 spiro atoms. The third kappa shape index (κ3) is 2.13. The molecular formula is C17H33N. The maximum absolute atomic E-state index is 3.69. The van der Waals surface area contributed by atoms with E-state index < -0.39 is 0 Å². The van der Waals surface area contributed by atoms with Gasteiger partial charge in [0.15, 0.2) is 0 Å². The van der Waals surface area contributed by atoms with Crippen molar-refractivity contribution in [2.45, 2.75) is 66.8 Å². The molecule has 3 atom stereocenters. The molecule has 2 fully saturated rings. The summed E-state index contributed by atoms with van der Waals surface area (Å²) >= 11 is 0. The third-order valence-electron chi connectivity index (χ3n) is 6.55. The van der Waals surface area contributed by atoms with Gasteiger partial charge in [-0.1, -0.05) is 41.5 Å². The van der Waals surface area contributed by atoms with Crippen LogP contribution < -0.4 is 5.32 Å². The lowest BCUT2D eigenvalue weighted by Gasteiger charge is -2.37. The summed E-state index contributed by atoms with van der Waals surface area (Å²) in [5.74, 6) is 3.57. The SMILES string of the molecule is CNC(C1CC(C)CC(C)C1)C1C(C)(C)C1(C)C. The van der Waals surface area contributed by atoms with Crippen LogP contribution in [0, 0.1) is 34.5 Å². The molecule has 2 saturated carbocycles. The van der Waals surface area contributed by atoms with Gasteiger partial charge in [-0.05, 0) is 60.8 Å². The maximum Gasteiger partial charge on any atom is 0.0131 e. The lowest BCUT2D eigenvalue weighted by atomic mass is 9.72. The molecule has 106 valence electrons. The van der Waals surface area contributed by atoms with Crippen LogP contribution >= 0.6 is 0 Å². The summed E-state index contributed by atoms with van der Waals surface area (Å²) in [6.07, 6.45) is 4.29. The topological polar surface area (TPSA) is 12.0 Å². The summed E-state index contributed by atoms with van der Waals surface area (Å²) in [6.45, 7) is 14.7. The zero-order valence-corrected chi connectivity index (χ0v) is 13.5. The molecule has 3 unspecified atom stereocenters. The van der Waals surface area contributed by atoms with Gasteiger partial charge in [-0.25, -0.2) is 0 Å². The van der Waals surface area contributed by atoms with E-state index in [0.29, 0.717) is 10.8 Å². The summed E-state index contributed by atoms with van der Waals surface area (Å²) < 4.78 is 0. The molecule has 0 aromatic heterocycles. The summed E-state index contributed by atoms with van der Waals surface area (Å²) in [4.78, 5) is 0. The first-order valence-electron chi connectivity index (χ1n) is 7.89. The Balaban J connectivity index is 2.11. The molecule has 0 radical (unpaired) electrons. The van der Waals surface area contributed by atoms with E-state index in [-0.39, 0.29) is 0 Å². The van der Waals surface area contributed by atoms with E-state index in [0.717, 1.165) is 29.7 Å². The Hall–Kier alpha value is -0.0400. The fraction of sp³-hybridized carbons (Fsp3) is 1.00. The van der Waals surface area contributed by atoms with Crippen LogP contribution in [0.2, 0.25) is 0 Å². The van der Waals surface area contributed by atoms with Crippen LogP contribution in [0.1, 0.15) is 60.8 Å². The fourth-order valence-corrected chi connectivity index (χ4v) is 5.12. The normalized spacial score (nSPS) is 40.5. The molecular weight excluding hydrogens is 218 g/mol. The van der Waals surface area contributed by atoms with E-state index >= 15 is 0 Å². The van der Waals surface area contributed by atoms with Crippen molar-refractivity contribution in [3.63, 3.8) is 0 Å². The number of rotatable bonds is 3. The van der Waals surface area contributed by atoms with Crippen molar-refractivity contribution in [2.24, 2.45) is 34.5 Å². The zero-order chi connectivity index (χ0) is 13.7. The first-order chi connectivity index (χ1) is 8.21. The summed E-state index contributed by atoms with van der Waals surface area (Å²) in [5.41, 5.74) is 1.01. The van der Waals surface area contributed by atoms with Gasteiger partial charge in [-0.2, -0.15) is 0 Å². The van der Waals surface area contributed by atoms with Crippen molar-refractivity contribution < 1.29 is 0 Å². The van der Waals surface area contributed by atoms with Crippen LogP contribution in [0.5, 0.6) is 0 Å². The van der Waals surface area contributed by atoms with E-state index in [1.165, 1.54) is 19.3 Å². The van der Waals surface area contributed by atoms with Crippen molar-refractivity contribution in [3.05, 3.63) is 0 Å². The molecule has 2 aliphatic carbocycles. The average molecular weight is 251 g/mol. The molecule has 18 heavy (non-hydrogen) atoms. The molecule has 2 rings (SSSR count). The first kappa shape index (κ1) is 14.4. The largest absolute Gasteiger partial charge is 0.316 e. The van der Waals surface area contributed by atoms with E-state index in [9.17, 15) is 0 Å². The highest BCUT2D eigenvalue weighted by Crippen LogP contribution is 2.70. The molecule has 0 aromatic rings. The van der Waals surface area contributed by atoms with Crippen LogP contribution in [0.15, 0.2) is 0 Å². The number of hydrogen-bond acceptors (Lipinski definition) is 1. The van der Waals surface area contributed by atoms with E-state index in [1.54, 1.807) is 0 Å². The summed E-state index contributed by atoms with van der Waals surface area (Å²) in [6, 6.07) is 0.722. The lowest BCUT2D eigenvalue weighted by Crippen LogP contribution is -2.41. The van der Waals surface area contributed by atoms with Crippen molar-refractivity contribution in [3.8, 4) is 0 Å². The molecule has 0 saturated heterocycles. The molecule has 1 heteroatoms. The third-order valence-corrected chi connectivity index (χ3v) is 6.55. The molecule has 2 aliphatic rings. The number of hydrogen-bond donors (Lipinski definition) is 1.